The first-order valence-corrected chi connectivity index (χ1v) is 8.99. The van der Waals surface area contributed by atoms with Crippen LogP contribution >= 0.6 is 0 Å². The summed E-state index contributed by atoms with van der Waals surface area (Å²) in [7, 11) is 1.62. The lowest BCUT2D eigenvalue weighted by Gasteiger charge is -2.22. The molecule has 1 amide bonds. The number of ether oxygens (including phenoxy) is 1. The van der Waals surface area contributed by atoms with Crippen molar-refractivity contribution in [1.29, 1.82) is 0 Å². The fraction of sp³-hybridized carbons (Fsp3) is 0.381. The second-order valence-corrected chi connectivity index (χ2v) is 6.93. The molecular formula is C21H25FN2O2. The van der Waals surface area contributed by atoms with Crippen molar-refractivity contribution in [3.05, 3.63) is 65.5 Å². The van der Waals surface area contributed by atoms with Crippen LogP contribution in [0.1, 0.15) is 36.4 Å². The average Bonchev–Trinajstić information content (AvgIpc) is 3.09. The molecule has 26 heavy (non-hydrogen) atoms. The smallest absolute Gasteiger partial charge is 0.223 e. The maximum atomic E-state index is 13.2. The van der Waals surface area contributed by atoms with Crippen molar-refractivity contribution in [2.45, 2.75) is 37.8 Å². The van der Waals surface area contributed by atoms with Gasteiger partial charge < -0.3 is 15.8 Å². The molecule has 3 rings (SSSR count). The summed E-state index contributed by atoms with van der Waals surface area (Å²) in [5.74, 6) is 0.515. The largest absolute Gasteiger partial charge is 0.497 e. The SMILES string of the molecule is COc1ccc(C(Cc2ccc(F)cc2)NC(=O)C2CCC(N)C2)cc1. The Morgan fingerprint density at radius 3 is 2.46 bits per heavy atom. The number of nitrogens with one attached hydrogen (secondary N) is 1. The Kier molecular flexibility index (Phi) is 5.89. The molecule has 2 aromatic carbocycles. The van der Waals surface area contributed by atoms with Crippen LogP contribution in [-0.2, 0) is 11.2 Å². The third-order valence-electron chi connectivity index (χ3n) is 5.03. The van der Waals surface area contributed by atoms with Crippen LogP contribution in [0, 0.1) is 11.7 Å². The number of carbonyl (C=O) groups excluding carboxylic acids is 1. The molecular weight excluding hydrogens is 331 g/mol. The van der Waals surface area contributed by atoms with Crippen LogP contribution in [0.2, 0.25) is 0 Å². The van der Waals surface area contributed by atoms with E-state index in [2.05, 4.69) is 5.32 Å². The number of nitrogens with two attached hydrogens (primary N) is 1. The summed E-state index contributed by atoms with van der Waals surface area (Å²) in [6, 6.07) is 14.0. The Morgan fingerprint density at radius 1 is 1.19 bits per heavy atom. The van der Waals surface area contributed by atoms with E-state index in [-0.39, 0.29) is 29.7 Å². The van der Waals surface area contributed by atoms with Crippen LogP contribution in [0.4, 0.5) is 4.39 Å². The normalized spacial score (nSPS) is 20.6. The highest BCUT2D eigenvalue weighted by Gasteiger charge is 2.29. The van der Waals surface area contributed by atoms with Crippen molar-refractivity contribution in [2.24, 2.45) is 11.7 Å². The zero-order valence-electron chi connectivity index (χ0n) is 15.0. The lowest BCUT2D eigenvalue weighted by Crippen LogP contribution is -2.34. The number of hydrogen-bond donors (Lipinski definition) is 2. The molecule has 0 heterocycles. The van der Waals surface area contributed by atoms with Gasteiger partial charge in [-0.15, -0.1) is 0 Å². The fourth-order valence-electron chi connectivity index (χ4n) is 3.49. The van der Waals surface area contributed by atoms with Gasteiger partial charge in [0, 0.05) is 12.0 Å². The topological polar surface area (TPSA) is 64.3 Å². The second kappa shape index (κ2) is 8.32. The molecule has 138 valence electrons. The Morgan fingerprint density at radius 2 is 1.88 bits per heavy atom. The Labute approximate surface area is 153 Å². The minimum absolute atomic E-state index is 0.0287. The van der Waals surface area contributed by atoms with Crippen LogP contribution in [-0.4, -0.2) is 19.1 Å². The number of hydrogen-bond acceptors (Lipinski definition) is 3. The van der Waals surface area contributed by atoms with Crippen molar-refractivity contribution in [3.63, 3.8) is 0 Å². The number of amides is 1. The summed E-state index contributed by atoms with van der Waals surface area (Å²) in [5, 5.41) is 3.17. The molecule has 5 heteroatoms. The van der Waals surface area contributed by atoms with Gasteiger partial charge >= 0.3 is 0 Å². The van der Waals surface area contributed by atoms with Crippen LogP contribution in [0.5, 0.6) is 5.75 Å². The van der Waals surface area contributed by atoms with Crippen molar-refractivity contribution in [2.75, 3.05) is 7.11 Å². The average molecular weight is 356 g/mol. The highest BCUT2D eigenvalue weighted by atomic mass is 19.1. The van der Waals surface area contributed by atoms with Gasteiger partial charge in [0.1, 0.15) is 11.6 Å². The Balaban J connectivity index is 1.77. The lowest BCUT2D eigenvalue weighted by molar-refractivity contribution is -0.125. The van der Waals surface area contributed by atoms with E-state index in [1.807, 2.05) is 24.3 Å². The van der Waals surface area contributed by atoms with Gasteiger partial charge in [-0.3, -0.25) is 4.79 Å². The molecule has 3 atom stereocenters. The molecule has 1 aliphatic rings. The van der Waals surface area contributed by atoms with E-state index in [0.29, 0.717) is 6.42 Å². The van der Waals surface area contributed by atoms with E-state index in [9.17, 15) is 9.18 Å². The van der Waals surface area contributed by atoms with Gasteiger partial charge in [0.05, 0.1) is 13.2 Å². The zero-order valence-corrected chi connectivity index (χ0v) is 15.0. The van der Waals surface area contributed by atoms with E-state index < -0.39 is 0 Å². The summed E-state index contributed by atoms with van der Waals surface area (Å²) >= 11 is 0. The Hall–Kier alpha value is -2.40. The molecule has 1 saturated carbocycles. The molecule has 3 unspecified atom stereocenters. The minimum atomic E-state index is -0.265. The lowest BCUT2D eigenvalue weighted by atomic mass is 9.97. The third-order valence-corrected chi connectivity index (χ3v) is 5.03. The number of benzene rings is 2. The predicted octanol–water partition coefficient (Wildman–Crippen LogP) is 3.36. The van der Waals surface area contributed by atoms with E-state index in [1.165, 1.54) is 12.1 Å². The van der Waals surface area contributed by atoms with Gasteiger partial charge in [-0.05, 0) is 61.1 Å². The standard InChI is InChI=1S/C21H25FN2O2/c1-26-19-10-5-15(6-11-19)20(12-14-2-7-17(22)8-3-14)24-21(25)16-4-9-18(23)13-16/h2-3,5-8,10-11,16,18,20H,4,9,12-13,23H2,1H3,(H,24,25). The highest BCUT2D eigenvalue weighted by molar-refractivity contribution is 5.79. The van der Waals surface area contributed by atoms with Gasteiger partial charge in [-0.2, -0.15) is 0 Å². The summed E-state index contributed by atoms with van der Waals surface area (Å²) in [5.41, 5.74) is 7.90. The zero-order chi connectivity index (χ0) is 18.5. The van der Waals surface area contributed by atoms with Crippen molar-refractivity contribution < 1.29 is 13.9 Å². The molecule has 0 radical (unpaired) electrons. The molecule has 3 N–H and O–H groups in total. The molecule has 0 saturated heterocycles. The summed E-state index contributed by atoms with van der Waals surface area (Å²) in [6.07, 6.45) is 3.05. The van der Waals surface area contributed by atoms with E-state index in [1.54, 1.807) is 19.2 Å². The van der Waals surface area contributed by atoms with E-state index >= 15 is 0 Å². The van der Waals surface area contributed by atoms with Crippen molar-refractivity contribution >= 4 is 5.91 Å². The van der Waals surface area contributed by atoms with Crippen molar-refractivity contribution in [3.8, 4) is 5.75 Å². The third kappa shape index (κ3) is 4.61. The molecule has 4 nitrogen and oxygen atoms in total. The number of methoxy groups -OCH3 is 1. The first-order valence-electron chi connectivity index (χ1n) is 8.99. The molecule has 2 aromatic rings. The van der Waals surface area contributed by atoms with E-state index in [0.717, 1.165) is 36.1 Å². The second-order valence-electron chi connectivity index (χ2n) is 6.93. The van der Waals surface area contributed by atoms with Gasteiger partial charge in [0.15, 0.2) is 0 Å². The molecule has 0 bridgehead atoms. The van der Waals surface area contributed by atoms with Crippen LogP contribution in [0.15, 0.2) is 48.5 Å². The first kappa shape index (κ1) is 18.4. The predicted molar refractivity (Wildman–Crippen MR) is 99.3 cm³/mol. The quantitative estimate of drug-likeness (QED) is 0.834. The van der Waals surface area contributed by atoms with Crippen LogP contribution in [0.25, 0.3) is 0 Å². The molecule has 0 aliphatic heterocycles. The molecule has 1 fully saturated rings. The number of rotatable bonds is 6. The minimum Gasteiger partial charge on any atom is -0.497 e. The van der Waals surface area contributed by atoms with Gasteiger partial charge in [-0.25, -0.2) is 4.39 Å². The summed E-state index contributed by atoms with van der Waals surface area (Å²) in [4.78, 5) is 12.7. The summed E-state index contributed by atoms with van der Waals surface area (Å²) < 4.78 is 18.4. The van der Waals surface area contributed by atoms with Gasteiger partial charge in [0.25, 0.3) is 0 Å². The van der Waals surface area contributed by atoms with Crippen molar-refractivity contribution in [1.82, 2.24) is 5.32 Å². The monoisotopic (exact) mass is 356 g/mol. The van der Waals surface area contributed by atoms with Gasteiger partial charge in [-0.1, -0.05) is 24.3 Å². The van der Waals surface area contributed by atoms with Crippen LogP contribution < -0.4 is 15.8 Å². The maximum Gasteiger partial charge on any atom is 0.223 e. The molecule has 0 spiro atoms. The summed E-state index contributed by atoms with van der Waals surface area (Å²) in [6.45, 7) is 0. The fourth-order valence-corrected chi connectivity index (χ4v) is 3.49. The Bertz CT molecular complexity index is 731. The first-order chi connectivity index (χ1) is 12.5. The van der Waals surface area contributed by atoms with Gasteiger partial charge in [0.2, 0.25) is 5.91 Å². The highest BCUT2D eigenvalue weighted by Crippen LogP contribution is 2.27. The maximum absolute atomic E-state index is 13.2. The van der Waals surface area contributed by atoms with Crippen LogP contribution in [0.3, 0.4) is 0 Å². The number of halogens is 1. The molecule has 0 aromatic heterocycles. The van der Waals surface area contributed by atoms with E-state index in [4.69, 9.17) is 10.5 Å². The molecule has 1 aliphatic carbocycles. The number of carbonyl (C=O) groups is 1.